The third-order valence-corrected chi connectivity index (χ3v) is 5.55. The molecule has 0 spiro atoms. The summed E-state index contributed by atoms with van der Waals surface area (Å²) >= 11 is 0. The molecule has 0 radical (unpaired) electrons. The molecule has 1 aliphatic rings. The van der Waals surface area contributed by atoms with Crippen LogP contribution >= 0.6 is 0 Å². The van der Waals surface area contributed by atoms with E-state index in [4.69, 9.17) is 9.15 Å². The molecule has 1 N–H and O–H groups in total. The monoisotopic (exact) mass is 393 g/mol. The number of carbonyl (C=O) groups excluding carboxylic acids is 1. The van der Waals surface area contributed by atoms with Gasteiger partial charge in [-0.15, -0.1) is 0 Å². The van der Waals surface area contributed by atoms with E-state index in [1.165, 1.54) is 0 Å². The van der Waals surface area contributed by atoms with Gasteiger partial charge in [0, 0.05) is 11.1 Å². The van der Waals surface area contributed by atoms with Gasteiger partial charge in [0.15, 0.2) is 5.76 Å². The van der Waals surface area contributed by atoms with Crippen molar-refractivity contribution in [3.05, 3.63) is 64.9 Å². The molecular formula is C23H27N3O3. The van der Waals surface area contributed by atoms with E-state index in [1.54, 1.807) is 7.11 Å². The molecule has 3 aromatic rings. The van der Waals surface area contributed by atoms with E-state index in [9.17, 15) is 4.79 Å². The first-order valence-corrected chi connectivity index (χ1v) is 9.86. The van der Waals surface area contributed by atoms with Gasteiger partial charge in [0.2, 0.25) is 0 Å². The van der Waals surface area contributed by atoms with Gasteiger partial charge in [0.1, 0.15) is 11.5 Å². The summed E-state index contributed by atoms with van der Waals surface area (Å²) in [5.74, 6) is 1.76. The smallest absolute Gasteiger partial charge is 0.287 e. The van der Waals surface area contributed by atoms with Crippen LogP contribution < -0.4 is 10.1 Å². The van der Waals surface area contributed by atoms with Crippen LogP contribution in [0.4, 0.5) is 0 Å². The summed E-state index contributed by atoms with van der Waals surface area (Å²) in [7, 11) is 1.66. The summed E-state index contributed by atoms with van der Waals surface area (Å²) < 4.78 is 12.8. The number of hydrogen-bond donors (Lipinski definition) is 1. The number of methoxy groups -OCH3 is 1. The fraction of sp³-hybridized carbons (Fsp3) is 0.391. The molecule has 2 heterocycles. The molecule has 1 atom stereocenters. The van der Waals surface area contributed by atoms with Crippen molar-refractivity contribution in [2.24, 2.45) is 5.41 Å². The highest BCUT2D eigenvalue weighted by molar-refractivity contribution is 5.93. The predicted molar refractivity (Wildman–Crippen MR) is 111 cm³/mol. The molecular weight excluding hydrogens is 366 g/mol. The number of aryl methyl sites for hydroxylation is 2. The van der Waals surface area contributed by atoms with E-state index < -0.39 is 0 Å². The zero-order chi connectivity index (χ0) is 20.8. The Morgan fingerprint density at radius 1 is 1.28 bits per heavy atom. The number of carbonyl (C=O) groups is 1. The van der Waals surface area contributed by atoms with Gasteiger partial charge >= 0.3 is 0 Å². The highest BCUT2D eigenvalue weighted by Gasteiger charge is 2.36. The molecule has 1 aliphatic carbocycles. The number of furan rings is 1. The zero-order valence-corrected chi connectivity index (χ0v) is 17.6. The van der Waals surface area contributed by atoms with Gasteiger partial charge in [-0.3, -0.25) is 4.79 Å². The Kier molecular flexibility index (Phi) is 4.73. The molecule has 1 aromatic carbocycles. The number of rotatable bonds is 4. The number of ether oxygens (including phenoxy) is 1. The molecule has 0 unspecified atom stereocenters. The van der Waals surface area contributed by atoms with Gasteiger partial charge in [0.05, 0.1) is 30.7 Å². The molecule has 0 bridgehead atoms. The fourth-order valence-electron chi connectivity index (χ4n) is 4.21. The fourth-order valence-corrected chi connectivity index (χ4v) is 4.21. The second kappa shape index (κ2) is 7.10. The molecule has 4 rings (SSSR count). The third-order valence-electron chi connectivity index (χ3n) is 5.55. The van der Waals surface area contributed by atoms with Crippen molar-refractivity contribution in [1.29, 1.82) is 0 Å². The topological polar surface area (TPSA) is 69.3 Å². The summed E-state index contributed by atoms with van der Waals surface area (Å²) in [5.41, 5.74) is 4.05. The first-order valence-electron chi connectivity index (χ1n) is 9.86. The highest BCUT2D eigenvalue weighted by atomic mass is 16.5. The molecule has 6 nitrogen and oxygen atoms in total. The number of benzene rings is 1. The van der Waals surface area contributed by atoms with E-state index in [1.807, 2.05) is 55.1 Å². The third kappa shape index (κ3) is 3.67. The Hall–Kier alpha value is -3.02. The molecule has 0 aliphatic heterocycles. The summed E-state index contributed by atoms with van der Waals surface area (Å²) in [4.78, 5) is 12.9. The van der Waals surface area contributed by atoms with Crippen LogP contribution in [0.1, 0.15) is 59.4 Å². The standard InChI is InChI=1S/C23H27N3O3/c1-14-10-15(2)29-21(14)22(27)25-19-11-23(3,4)12-20-18(19)13-24-26(20)16-6-8-17(28-5)9-7-16/h6-10,13,19H,11-12H2,1-5H3,(H,25,27)/t19-/m1/s1. The van der Waals surface area contributed by atoms with Crippen molar-refractivity contribution >= 4 is 5.91 Å². The maximum absolute atomic E-state index is 12.9. The van der Waals surface area contributed by atoms with Gasteiger partial charge in [0.25, 0.3) is 5.91 Å². The van der Waals surface area contributed by atoms with Crippen LogP contribution in [0.15, 0.2) is 40.9 Å². The highest BCUT2D eigenvalue weighted by Crippen LogP contribution is 2.41. The maximum atomic E-state index is 12.9. The Morgan fingerprint density at radius 2 is 2.00 bits per heavy atom. The SMILES string of the molecule is COc1ccc(-n2ncc3c2CC(C)(C)C[C@H]3NC(=O)c2oc(C)cc2C)cc1. The lowest BCUT2D eigenvalue weighted by Crippen LogP contribution is -2.36. The van der Waals surface area contributed by atoms with Crippen molar-refractivity contribution < 1.29 is 13.9 Å². The van der Waals surface area contributed by atoms with Crippen LogP contribution in [0, 0.1) is 19.3 Å². The van der Waals surface area contributed by atoms with Crippen LogP contribution in [0.2, 0.25) is 0 Å². The van der Waals surface area contributed by atoms with Crippen LogP contribution in [-0.2, 0) is 6.42 Å². The van der Waals surface area contributed by atoms with E-state index in [2.05, 4.69) is 24.3 Å². The quantitative estimate of drug-likeness (QED) is 0.707. The molecule has 0 fully saturated rings. The van der Waals surface area contributed by atoms with Crippen LogP contribution in [0.5, 0.6) is 5.75 Å². The van der Waals surface area contributed by atoms with E-state index in [0.29, 0.717) is 5.76 Å². The Bertz CT molecular complexity index is 1040. The molecule has 0 saturated carbocycles. The van der Waals surface area contributed by atoms with Gasteiger partial charge < -0.3 is 14.5 Å². The maximum Gasteiger partial charge on any atom is 0.287 e. The molecule has 152 valence electrons. The van der Waals surface area contributed by atoms with Crippen LogP contribution in [0.3, 0.4) is 0 Å². The molecule has 1 amide bonds. The van der Waals surface area contributed by atoms with Crippen molar-refractivity contribution in [3.63, 3.8) is 0 Å². The van der Waals surface area contributed by atoms with Gasteiger partial charge in [-0.1, -0.05) is 13.8 Å². The average molecular weight is 393 g/mol. The summed E-state index contributed by atoms with van der Waals surface area (Å²) in [5, 5.41) is 7.82. The molecule has 6 heteroatoms. The lowest BCUT2D eigenvalue weighted by atomic mass is 9.74. The second-order valence-corrected chi connectivity index (χ2v) is 8.60. The predicted octanol–water partition coefficient (Wildman–Crippen LogP) is 4.53. The Morgan fingerprint density at radius 3 is 2.62 bits per heavy atom. The molecule has 2 aromatic heterocycles. The van der Waals surface area contributed by atoms with Crippen molar-refractivity contribution in [3.8, 4) is 11.4 Å². The largest absolute Gasteiger partial charge is 0.497 e. The molecule has 29 heavy (non-hydrogen) atoms. The average Bonchev–Trinajstić information content (AvgIpc) is 3.23. The summed E-state index contributed by atoms with van der Waals surface area (Å²) in [6.07, 6.45) is 3.61. The first kappa shape index (κ1) is 19.3. The summed E-state index contributed by atoms with van der Waals surface area (Å²) in [6, 6.07) is 9.62. The number of nitrogens with one attached hydrogen (secondary N) is 1. The zero-order valence-electron chi connectivity index (χ0n) is 17.6. The number of hydrogen-bond acceptors (Lipinski definition) is 4. The number of amides is 1. The van der Waals surface area contributed by atoms with E-state index in [-0.39, 0.29) is 17.4 Å². The van der Waals surface area contributed by atoms with Gasteiger partial charge in [-0.25, -0.2) is 4.68 Å². The van der Waals surface area contributed by atoms with Crippen LogP contribution in [-0.4, -0.2) is 22.8 Å². The van der Waals surface area contributed by atoms with Crippen LogP contribution in [0.25, 0.3) is 5.69 Å². The van der Waals surface area contributed by atoms with Crippen molar-refractivity contribution in [2.75, 3.05) is 7.11 Å². The van der Waals surface area contributed by atoms with E-state index >= 15 is 0 Å². The first-order chi connectivity index (χ1) is 13.8. The minimum Gasteiger partial charge on any atom is -0.497 e. The normalized spacial score (nSPS) is 17.6. The van der Waals surface area contributed by atoms with Gasteiger partial charge in [-0.05, 0) is 62.4 Å². The minimum atomic E-state index is -0.179. The van der Waals surface area contributed by atoms with Crippen molar-refractivity contribution in [1.82, 2.24) is 15.1 Å². The number of fused-ring (bicyclic) bond motifs is 1. The minimum absolute atomic E-state index is 0.0311. The van der Waals surface area contributed by atoms with Crippen molar-refractivity contribution in [2.45, 2.75) is 46.6 Å². The summed E-state index contributed by atoms with van der Waals surface area (Å²) in [6.45, 7) is 8.19. The van der Waals surface area contributed by atoms with Gasteiger partial charge in [-0.2, -0.15) is 5.10 Å². The number of nitrogens with zero attached hydrogens (tertiary/aromatic N) is 2. The lowest BCUT2D eigenvalue weighted by molar-refractivity contribution is 0.0889. The lowest BCUT2D eigenvalue weighted by Gasteiger charge is -2.35. The van der Waals surface area contributed by atoms with E-state index in [0.717, 1.165) is 46.9 Å². The Labute approximate surface area is 170 Å². The second-order valence-electron chi connectivity index (χ2n) is 8.60. The molecule has 0 saturated heterocycles. The number of aromatic nitrogens is 2. The Balaban J connectivity index is 1.67.